The summed E-state index contributed by atoms with van der Waals surface area (Å²) >= 11 is 6.83. The lowest BCUT2D eigenvalue weighted by atomic mass is 10.0. The van der Waals surface area contributed by atoms with E-state index in [1.165, 1.54) is 24.1 Å². The number of carbonyl (C=O) groups excluding carboxylic acids is 3. The maximum atomic E-state index is 13.2. The summed E-state index contributed by atoms with van der Waals surface area (Å²) in [7, 11) is 3.00. The summed E-state index contributed by atoms with van der Waals surface area (Å²) in [6, 6.07) is 3.44. The van der Waals surface area contributed by atoms with E-state index >= 15 is 0 Å². The van der Waals surface area contributed by atoms with Crippen LogP contribution in [0.1, 0.15) is 0 Å². The van der Waals surface area contributed by atoms with E-state index in [0.717, 1.165) is 22.7 Å². The molecule has 0 saturated carbocycles. The molecule has 1 saturated heterocycles. The highest BCUT2D eigenvalue weighted by Gasteiger charge is 2.47. The van der Waals surface area contributed by atoms with Gasteiger partial charge >= 0.3 is 6.03 Å². The molecule has 0 aliphatic carbocycles. The monoisotopic (exact) mass is 369 g/mol. The van der Waals surface area contributed by atoms with E-state index in [9.17, 15) is 18.8 Å². The number of anilines is 1. The Morgan fingerprint density at radius 2 is 2.04 bits per heavy atom. The van der Waals surface area contributed by atoms with Gasteiger partial charge in [-0.25, -0.2) is 9.18 Å². The number of hydrogen-bond donors (Lipinski definition) is 1. The smallest absolute Gasteiger partial charge is 0.322 e. The molecule has 0 spiro atoms. The number of amides is 4. The van der Waals surface area contributed by atoms with E-state index in [-0.39, 0.29) is 10.9 Å². The van der Waals surface area contributed by atoms with Gasteiger partial charge in [0.1, 0.15) is 5.82 Å². The van der Waals surface area contributed by atoms with Crippen LogP contribution in [0.5, 0.6) is 0 Å². The topological polar surface area (TPSA) is 69.7 Å². The minimum atomic E-state index is -0.580. The first kappa shape index (κ1) is 16.8. The summed E-state index contributed by atoms with van der Waals surface area (Å²) in [6.07, 6.45) is 1.55. The van der Waals surface area contributed by atoms with E-state index in [2.05, 4.69) is 5.32 Å². The van der Waals surface area contributed by atoms with Crippen LogP contribution in [0.2, 0.25) is 5.02 Å². The average Bonchev–Trinajstić information content (AvgIpc) is 3.00. The van der Waals surface area contributed by atoms with Crippen molar-refractivity contribution in [2.45, 2.75) is 5.37 Å². The van der Waals surface area contributed by atoms with E-state index in [1.54, 1.807) is 13.1 Å². The van der Waals surface area contributed by atoms with Crippen LogP contribution in [-0.2, 0) is 9.59 Å². The lowest BCUT2D eigenvalue weighted by Gasteiger charge is -2.37. The van der Waals surface area contributed by atoms with Crippen LogP contribution in [0.3, 0.4) is 0 Å². The molecule has 1 aromatic carbocycles. The molecule has 1 N–H and O–H groups in total. The normalized spacial score (nSPS) is 23.2. The van der Waals surface area contributed by atoms with Gasteiger partial charge in [0.05, 0.1) is 21.2 Å². The van der Waals surface area contributed by atoms with Crippen molar-refractivity contribution < 1.29 is 18.8 Å². The summed E-state index contributed by atoms with van der Waals surface area (Å²) in [4.78, 5) is 39.3. The lowest BCUT2D eigenvalue weighted by Crippen LogP contribution is -2.56. The van der Waals surface area contributed by atoms with E-state index in [0.29, 0.717) is 10.6 Å². The standard InChI is InChI=1S/C15H13ClFN3O3S/c1-19-13(22)8-6-11(24-14(8)20(2)15(19)23)12(21)18-7-3-4-10(17)9(16)5-7/h3-6,8,14H,1-2H3,(H,18,21). The number of halogens is 2. The molecule has 2 heterocycles. The van der Waals surface area contributed by atoms with Crippen molar-refractivity contribution in [3.05, 3.63) is 40.0 Å². The van der Waals surface area contributed by atoms with Crippen LogP contribution in [0.4, 0.5) is 14.9 Å². The van der Waals surface area contributed by atoms with Crippen LogP contribution in [0.15, 0.2) is 29.2 Å². The minimum Gasteiger partial charge on any atom is -0.322 e. The highest BCUT2D eigenvalue weighted by Crippen LogP contribution is 2.42. The highest BCUT2D eigenvalue weighted by molar-refractivity contribution is 8.04. The Labute approximate surface area is 146 Å². The average molecular weight is 370 g/mol. The van der Waals surface area contributed by atoms with E-state index < -0.39 is 29.0 Å². The molecule has 9 heteroatoms. The lowest BCUT2D eigenvalue weighted by molar-refractivity contribution is -0.133. The third-order valence-corrected chi connectivity index (χ3v) is 5.59. The van der Waals surface area contributed by atoms with Crippen molar-refractivity contribution in [2.24, 2.45) is 5.92 Å². The Kier molecular flexibility index (Phi) is 4.27. The fourth-order valence-electron chi connectivity index (χ4n) is 2.56. The number of benzene rings is 1. The predicted octanol–water partition coefficient (Wildman–Crippen LogP) is 2.51. The van der Waals surface area contributed by atoms with Gasteiger partial charge in [-0.1, -0.05) is 23.4 Å². The number of rotatable bonds is 2. The summed E-state index contributed by atoms with van der Waals surface area (Å²) in [5, 5.41) is 2.06. The Bertz CT molecular complexity index is 785. The van der Waals surface area contributed by atoms with Crippen molar-refractivity contribution in [3.63, 3.8) is 0 Å². The first-order chi connectivity index (χ1) is 11.3. The first-order valence-corrected chi connectivity index (χ1v) is 8.24. The van der Waals surface area contributed by atoms with Crippen LogP contribution in [0, 0.1) is 11.7 Å². The number of nitrogens with one attached hydrogen (secondary N) is 1. The van der Waals surface area contributed by atoms with Crippen molar-refractivity contribution in [2.75, 3.05) is 19.4 Å². The number of imide groups is 1. The molecule has 6 nitrogen and oxygen atoms in total. The Morgan fingerprint density at radius 1 is 1.33 bits per heavy atom. The fourth-order valence-corrected chi connectivity index (χ4v) is 3.97. The molecule has 1 aromatic rings. The first-order valence-electron chi connectivity index (χ1n) is 6.99. The number of fused-ring (bicyclic) bond motifs is 1. The van der Waals surface area contributed by atoms with Crippen molar-refractivity contribution in [1.29, 1.82) is 0 Å². The molecule has 2 aliphatic rings. The zero-order valence-corrected chi connectivity index (χ0v) is 14.3. The number of nitrogens with zero attached hydrogens (tertiary/aromatic N) is 2. The van der Waals surface area contributed by atoms with E-state index in [4.69, 9.17) is 11.6 Å². The molecule has 0 bridgehead atoms. The SMILES string of the molecule is CN1C(=O)C2C=C(C(=O)Nc3ccc(F)c(Cl)c3)SC2N(C)C1=O. The third-order valence-electron chi connectivity index (χ3n) is 3.87. The van der Waals surface area contributed by atoms with Gasteiger partial charge in [-0.05, 0) is 24.3 Å². The maximum absolute atomic E-state index is 13.2. The van der Waals surface area contributed by atoms with Gasteiger partial charge < -0.3 is 10.2 Å². The second-order valence-corrected chi connectivity index (χ2v) is 7.00. The van der Waals surface area contributed by atoms with Gasteiger partial charge in [0.25, 0.3) is 5.91 Å². The molecular formula is C15H13ClFN3O3S. The number of hydrogen-bond acceptors (Lipinski definition) is 4. The molecule has 24 heavy (non-hydrogen) atoms. The van der Waals surface area contributed by atoms with Gasteiger partial charge in [-0.3, -0.25) is 14.5 Å². The van der Waals surface area contributed by atoms with Crippen LogP contribution >= 0.6 is 23.4 Å². The molecule has 4 amide bonds. The molecular weight excluding hydrogens is 357 g/mol. The van der Waals surface area contributed by atoms with Crippen LogP contribution in [-0.4, -0.2) is 47.1 Å². The van der Waals surface area contributed by atoms with E-state index in [1.807, 2.05) is 0 Å². The molecule has 0 radical (unpaired) electrons. The fraction of sp³-hybridized carbons (Fsp3) is 0.267. The second kappa shape index (κ2) is 6.10. The van der Waals surface area contributed by atoms with Gasteiger partial charge in [-0.2, -0.15) is 0 Å². The maximum Gasteiger partial charge on any atom is 0.327 e. The number of thioether (sulfide) groups is 1. The van der Waals surface area contributed by atoms with Gasteiger partial charge in [0, 0.05) is 19.8 Å². The quantitative estimate of drug-likeness (QED) is 0.869. The molecule has 2 unspecified atom stereocenters. The molecule has 0 aromatic heterocycles. The highest BCUT2D eigenvalue weighted by atomic mass is 35.5. The van der Waals surface area contributed by atoms with Gasteiger partial charge in [-0.15, -0.1) is 0 Å². The Morgan fingerprint density at radius 3 is 2.71 bits per heavy atom. The van der Waals surface area contributed by atoms with Crippen molar-refractivity contribution >= 4 is 46.9 Å². The van der Waals surface area contributed by atoms with Crippen molar-refractivity contribution in [3.8, 4) is 0 Å². The Balaban J connectivity index is 1.78. The number of urea groups is 1. The number of carbonyl (C=O) groups is 3. The van der Waals surface area contributed by atoms with Crippen LogP contribution in [0.25, 0.3) is 0 Å². The molecule has 2 aliphatic heterocycles. The summed E-state index contributed by atoms with van der Waals surface area (Å²) < 4.78 is 13.2. The predicted molar refractivity (Wildman–Crippen MR) is 88.9 cm³/mol. The van der Waals surface area contributed by atoms with Crippen LogP contribution < -0.4 is 5.32 Å². The van der Waals surface area contributed by atoms with Gasteiger partial charge in [0.15, 0.2) is 0 Å². The second-order valence-electron chi connectivity index (χ2n) is 5.44. The molecule has 1 fully saturated rings. The summed E-state index contributed by atoms with van der Waals surface area (Å²) in [5.41, 5.74) is 0.343. The van der Waals surface area contributed by atoms with Crippen molar-refractivity contribution in [1.82, 2.24) is 9.80 Å². The van der Waals surface area contributed by atoms with Gasteiger partial charge in [0.2, 0.25) is 5.91 Å². The summed E-state index contributed by atoms with van der Waals surface area (Å²) in [6.45, 7) is 0. The zero-order valence-electron chi connectivity index (χ0n) is 12.7. The zero-order chi connectivity index (χ0) is 17.6. The minimum absolute atomic E-state index is 0.100. The molecule has 3 rings (SSSR count). The third kappa shape index (κ3) is 2.76. The Hall–Kier alpha value is -2.06. The molecule has 126 valence electrons. The largest absolute Gasteiger partial charge is 0.327 e. The summed E-state index contributed by atoms with van der Waals surface area (Å²) in [5.74, 6) is -1.93. The molecule has 2 atom stereocenters.